The lowest BCUT2D eigenvalue weighted by molar-refractivity contribution is -0.144. The summed E-state index contributed by atoms with van der Waals surface area (Å²) in [4.78, 5) is 41.5. The van der Waals surface area contributed by atoms with Crippen LogP contribution in [0.5, 0.6) is 0 Å². The number of nitrogens with one attached hydrogen (secondary N) is 1. The fourth-order valence-electron chi connectivity index (χ4n) is 5.86. The summed E-state index contributed by atoms with van der Waals surface area (Å²) in [5.74, 6) is -0.580. The van der Waals surface area contributed by atoms with Crippen molar-refractivity contribution in [2.45, 2.75) is 57.8 Å². The maximum Gasteiger partial charge on any atom is 0.349 e. The summed E-state index contributed by atoms with van der Waals surface area (Å²) in [5, 5.41) is 2.73. The van der Waals surface area contributed by atoms with Crippen LogP contribution in [0.2, 0.25) is 0 Å². The lowest BCUT2D eigenvalue weighted by Crippen LogP contribution is -2.37. The zero-order chi connectivity index (χ0) is 36.3. The number of aromatic nitrogens is 2. The van der Waals surface area contributed by atoms with Crippen LogP contribution in [0, 0.1) is 0 Å². The molecule has 1 heterocycles. The average molecular weight is 688 g/mol. The molecule has 1 aromatic heterocycles. The molecule has 0 spiro atoms. The van der Waals surface area contributed by atoms with Crippen LogP contribution in [0.15, 0.2) is 132 Å². The summed E-state index contributed by atoms with van der Waals surface area (Å²) < 4.78 is 19.8. The van der Waals surface area contributed by atoms with E-state index in [4.69, 9.17) is 14.2 Å². The maximum atomic E-state index is 13.1. The molecule has 51 heavy (non-hydrogen) atoms. The number of nitrogens with zero attached hydrogens (tertiary/aromatic N) is 2. The van der Waals surface area contributed by atoms with E-state index in [1.807, 2.05) is 103 Å². The summed E-state index contributed by atoms with van der Waals surface area (Å²) in [6, 6.07) is 39.1. The molecule has 1 N–H and O–H groups in total. The Morgan fingerprint density at radius 3 is 1.78 bits per heavy atom. The van der Waals surface area contributed by atoms with Gasteiger partial charge in [-0.15, -0.1) is 0 Å². The van der Waals surface area contributed by atoms with Crippen molar-refractivity contribution in [3.05, 3.63) is 166 Å². The predicted molar refractivity (Wildman–Crippen MR) is 198 cm³/mol. The maximum absolute atomic E-state index is 13.1. The Hall–Kier alpha value is -5.38. The molecule has 264 valence electrons. The Balaban J connectivity index is 1.34. The van der Waals surface area contributed by atoms with Gasteiger partial charge in [-0.2, -0.15) is 4.98 Å². The third kappa shape index (κ3) is 9.66. The van der Waals surface area contributed by atoms with Crippen molar-refractivity contribution in [1.29, 1.82) is 0 Å². The van der Waals surface area contributed by atoms with E-state index >= 15 is 0 Å². The number of aryl methyl sites for hydroxylation is 1. The minimum absolute atomic E-state index is 0.0333. The van der Waals surface area contributed by atoms with Crippen molar-refractivity contribution in [1.82, 2.24) is 9.55 Å². The standard InChI is InChI=1S/C42H45N3O6/c1-31(46)49-28-29-50-37(24-26-45-27-25-38(44-40(45)48)43-39(47)32-20-22-33(23-21-32)41(2,3)4)30-51-42(34-14-8-5-9-15-34,35-16-10-6-11-17-35)36-18-12-7-13-19-36/h5-23,25,27,37H,24,26,28-30H2,1-4H3,(H,43,44,47,48)/t37-/m0/s1. The van der Waals surface area contributed by atoms with Crippen molar-refractivity contribution < 1.29 is 23.8 Å². The zero-order valence-electron chi connectivity index (χ0n) is 29.6. The molecule has 4 aromatic carbocycles. The quantitative estimate of drug-likeness (QED) is 0.0708. The second kappa shape index (κ2) is 17.0. The Bertz CT molecular complexity index is 1820. The minimum Gasteiger partial charge on any atom is -0.463 e. The average Bonchev–Trinajstić information content (AvgIpc) is 3.13. The van der Waals surface area contributed by atoms with Gasteiger partial charge in [0.2, 0.25) is 0 Å². The highest BCUT2D eigenvalue weighted by Gasteiger charge is 2.38. The lowest BCUT2D eigenvalue weighted by atomic mass is 9.80. The van der Waals surface area contributed by atoms with E-state index in [1.54, 1.807) is 24.4 Å². The normalized spacial score (nSPS) is 12.2. The molecule has 0 unspecified atom stereocenters. The molecule has 0 saturated heterocycles. The van der Waals surface area contributed by atoms with Crippen molar-refractivity contribution in [3.8, 4) is 0 Å². The van der Waals surface area contributed by atoms with Gasteiger partial charge in [-0.05, 0) is 52.3 Å². The summed E-state index contributed by atoms with van der Waals surface area (Å²) in [5.41, 5.74) is 2.92. The third-order valence-electron chi connectivity index (χ3n) is 8.59. The van der Waals surface area contributed by atoms with Crippen molar-refractivity contribution >= 4 is 17.7 Å². The molecular formula is C42H45N3O6. The first-order valence-corrected chi connectivity index (χ1v) is 17.1. The molecule has 0 aliphatic rings. The summed E-state index contributed by atoms with van der Waals surface area (Å²) in [7, 11) is 0. The Morgan fingerprint density at radius 2 is 1.29 bits per heavy atom. The van der Waals surface area contributed by atoms with Gasteiger partial charge in [0.25, 0.3) is 5.91 Å². The van der Waals surface area contributed by atoms with Gasteiger partial charge in [0, 0.05) is 25.2 Å². The molecule has 1 amide bonds. The number of benzene rings is 4. The smallest absolute Gasteiger partial charge is 0.349 e. The number of amides is 1. The number of rotatable bonds is 15. The van der Waals surface area contributed by atoms with E-state index in [0.717, 1.165) is 22.3 Å². The summed E-state index contributed by atoms with van der Waals surface area (Å²) >= 11 is 0. The van der Waals surface area contributed by atoms with E-state index < -0.39 is 23.4 Å². The highest BCUT2D eigenvalue weighted by Crippen LogP contribution is 2.40. The Morgan fingerprint density at radius 1 is 0.745 bits per heavy atom. The molecule has 0 saturated carbocycles. The van der Waals surface area contributed by atoms with E-state index in [-0.39, 0.29) is 43.5 Å². The number of carbonyl (C=O) groups excluding carboxylic acids is 2. The van der Waals surface area contributed by atoms with Crippen LogP contribution in [-0.4, -0.2) is 47.4 Å². The number of hydrogen-bond donors (Lipinski definition) is 1. The molecule has 0 bridgehead atoms. The molecule has 0 aliphatic carbocycles. The molecule has 1 atom stereocenters. The van der Waals surface area contributed by atoms with Crippen LogP contribution >= 0.6 is 0 Å². The molecule has 9 heteroatoms. The highest BCUT2D eigenvalue weighted by molar-refractivity contribution is 6.03. The number of ether oxygens (including phenoxy) is 3. The van der Waals surface area contributed by atoms with Crippen molar-refractivity contribution in [2.24, 2.45) is 0 Å². The van der Waals surface area contributed by atoms with Gasteiger partial charge in [-0.3, -0.25) is 14.2 Å². The highest BCUT2D eigenvalue weighted by atomic mass is 16.6. The van der Waals surface area contributed by atoms with Crippen LogP contribution in [0.3, 0.4) is 0 Å². The topological polar surface area (TPSA) is 109 Å². The number of esters is 1. The molecule has 0 fully saturated rings. The Labute approximate surface area is 299 Å². The second-order valence-electron chi connectivity index (χ2n) is 13.3. The van der Waals surface area contributed by atoms with E-state index in [2.05, 4.69) is 31.1 Å². The molecule has 0 aliphatic heterocycles. The third-order valence-corrected chi connectivity index (χ3v) is 8.59. The molecule has 5 rings (SSSR count). The number of anilines is 1. The molecular weight excluding hydrogens is 642 g/mol. The van der Waals surface area contributed by atoms with Gasteiger partial charge in [-0.25, -0.2) is 4.79 Å². The van der Waals surface area contributed by atoms with Gasteiger partial charge in [-0.1, -0.05) is 124 Å². The van der Waals surface area contributed by atoms with E-state index in [1.165, 1.54) is 11.5 Å². The summed E-state index contributed by atoms with van der Waals surface area (Å²) in [6.45, 7) is 8.34. The first-order valence-electron chi connectivity index (χ1n) is 17.1. The zero-order valence-corrected chi connectivity index (χ0v) is 29.6. The van der Waals surface area contributed by atoms with E-state index in [0.29, 0.717) is 12.0 Å². The summed E-state index contributed by atoms with van der Waals surface area (Å²) in [6.07, 6.45) is 1.51. The molecule has 9 nitrogen and oxygen atoms in total. The van der Waals surface area contributed by atoms with Gasteiger partial charge in [0.1, 0.15) is 18.0 Å². The van der Waals surface area contributed by atoms with Crippen LogP contribution in [0.25, 0.3) is 0 Å². The van der Waals surface area contributed by atoms with Crippen LogP contribution in [0.1, 0.15) is 66.7 Å². The van der Waals surface area contributed by atoms with Gasteiger partial charge >= 0.3 is 11.7 Å². The number of hydrogen-bond acceptors (Lipinski definition) is 7. The predicted octanol–water partition coefficient (Wildman–Crippen LogP) is 7.14. The van der Waals surface area contributed by atoms with Crippen LogP contribution in [0.4, 0.5) is 5.82 Å². The first-order chi connectivity index (χ1) is 24.6. The lowest BCUT2D eigenvalue weighted by Gasteiger charge is -2.37. The van der Waals surface area contributed by atoms with E-state index in [9.17, 15) is 14.4 Å². The van der Waals surface area contributed by atoms with Crippen LogP contribution in [-0.2, 0) is 36.6 Å². The fourth-order valence-corrected chi connectivity index (χ4v) is 5.86. The minimum atomic E-state index is -0.966. The van der Waals surface area contributed by atoms with Gasteiger partial charge in [0.05, 0.1) is 19.3 Å². The SMILES string of the molecule is CC(=O)OCCO[C@@H](CCn1ccc(NC(=O)c2ccc(C(C)(C)C)cc2)nc1=O)COC(c1ccccc1)(c1ccccc1)c1ccccc1. The molecule has 0 radical (unpaired) electrons. The van der Waals surface area contributed by atoms with Gasteiger partial charge < -0.3 is 19.5 Å². The number of carbonyl (C=O) groups is 2. The van der Waals surface area contributed by atoms with Crippen molar-refractivity contribution in [3.63, 3.8) is 0 Å². The monoisotopic (exact) mass is 687 g/mol. The molecule has 5 aromatic rings. The second-order valence-corrected chi connectivity index (χ2v) is 13.3. The fraction of sp³-hybridized carbons (Fsp3) is 0.286. The largest absolute Gasteiger partial charge is 0.463 e. The first kappa shape index (κ1) is 36.9. The van der Waals surface area contributed by atoms with Gasteiger partial charge in [0.15, 0.2) is 0 Å². The van der Waals surface area contributed by atoms with Crippen molar-refractivity contribution in [2.75, 3.05) is 25.1 Å². The Kier molecular flexibility index (Phi) is 12.3. The van der Waals surface area contributed by atoms with Crippen LogP contribution < -0.4 is 11.0 Å².